The van der Waals surface area contributed by atoms with Gasteiger partial charge in [-0.05, 0) is 39.0 Å². The van der Waals surface area contributed by atoms with Crippen LogP contribution in [-0.2, 0) is 20.7 Å². The molecule has 3 aliphatic carbocycles. The largest absolute Gasteiger partial charge is 0.363 e. The Morgan fingerprint density at radius 1 is 1.18 bits per heavy atom. The highest BCUT2D eigenvalue weighted by Crippen LogP contribution is 2.56. The third-order valence-electron chi connectivity index (χ3n) is 6.88. The highest BCUT2D eigenvalue weighted by atomic mass is 19.3. The van der Waals surface area contributed by atoms with Crippen LogP contribution in [0.4, 0.5) is 19.0 Å². The van der Waals surface area contributed by atoms with Crippen LogP contribution >= 0.6 is 0 Å². The summed E-state index contributed by atoms with van der Waals surface area (Å²) in [6, 6.07) is 3.22. The highest BCUT2D eigenvalue weighted by molar-refractivity contribution is 5.80. The van der Waals surface area contributed by atoms with Crippen LogP contribution < -0.4 is 10.6 Å². The second kappa shape index (κ2) is 8.81. The molecule has 3 saturated carbocycles. The Balaban J connectivity index is 1.44. The first-order valence-corrected chi connectivity index (χ1v) is 11.5. The Morgan fingerprint density at radius 3 is 2.47 bits per heavy atom. The molecule has 2 heterocycles. The van der Waals surface area contributed by atoms with Gasteiger partial charge in [0.05, 0.1) is 42.5 Å². The number of ether oxygens (including phenoxy) is 2. The van der Waals surface area contributed by atoms with Crippen molar-refractivity contribution < 1.29 is 27.4 Å². The van der Waals surface area contributed by atoms with Gasteiger partial charge >= 0.3 is 0 Å². The summed E-state index contributed by atoms with van der Waals surface area (Å²) in [4.78, 5) is 21.8. The summed E-state index contributed by atoms with van der Waals surface area (Å²) in [7, 11) is 0. The molecule has 2 N–H and O–H groups in total. The lowest BCUT2D eigenvalue weighted by Gasteiger charge is -2.61. The van der Waals surface area contributed by atoms with Crippen molar-refractivity contribution in [3.63, 3.8) is 0 Å². The van der Waals surface area contributed by atoms with E-state index in [2.05, 4.69) is 20.6 Å². The normalized spacial score (nSPS) is 24.5. The van der Waals surface area contributed by atoms with Crippen LogP contribution in [0.2, 0.25) is 0 Å². The van der Waals surface area contributed by atoms with E-state index in [1.807, 2.05) is 0 Å². The molecule has 2 bridgehead atoms. The van der Waals surface area contributed by atoms with Crippen LogP contribution in [0.15, 0.2) is 18.2 Å². The van der Waals surface area contributed by atoms with E-state index in [1.165, 1.54) is 12.1 Å². The predicted octanol–water partition coefficient (Wildman–Crippen LogP) is 4.29. The molecule has 6 rings (SSSR count). The van der Waals surface area contributed by atoms with Gasteiger partial charge in [-0.25, -0.2) is 23.1 Å². The molecule has 0 radical (unpaired) electrons. The minimum Gasteiger partial charge on any atom is -0.363 e. The van der Waals surface area contributed by atoms with E-state index < -0.39 is 30.1 Å². The molecule has 34 heavy (non-hydrogen) atoms. The Labute approximate surface area is 195 Å². The van der Waals surface area contributed by atoms with E-state index >= 15 is 0 Å². The number of nitrogens with zero attached hydrogens (tertiary/aromatic N) is 2. The fourth-order valence-electron chi connectivity index (χ4n) is 5.13. The Hall–Kier alpha value is -2.72. The maximum Gasteiger partial charge on any atom is 0.266 e. The maximum absolute atomic E-state index is 14.8. The standard InChI is InChI=1S/C24H27F3N4O3/c1-12(15-4-3-5-16(20(15)25)21(26)27)28-22-19(23-33-6-7-34-23)17(29-13(2)30-22)8-18(32)31-24-9-14(10-24)11-24/h3-5,12,14,21,23H,6-11H2,1-2H3,(H,31,32)(H,28,29,30)/t12-,14?,24?/m1/s1. The zero-order valence-corrected chi connectivity index (χ0v) is 19.0. The predicted molar refractivity (Wildman–Crippen MR) is 117 cm³/mol. The number of carbonyl (C=O) groups is 1. The van der Waals surface area contributed by atoms with Crippen LogP contribution in [-0.4, -0.2) is 34.6 Å². The van der Waals surface area contributed by atoms with Crippen LogP contribution in [0.25, 0.3) is 0 Å². The van der Waals surface area contributed by atoms with Gasteiger partial charge in [-0.15, -0.1) is 0 Å². The fraction of sp³-hybridized carbons (Fsp3) is 0.542. The number of rotatable bonds is 8. The van der Waals surface area contributed by atoms with Crippen molar-refractivity contribution in [1.29, 1.82) is 0 Å². The van der Waals surface area contributed by atoms with Gasteiger partial charge in [0, 0.05) is 11.1 Å². The summed E-state index contributed by atoms with van der Waals surface area (Å²) in [5, 5.41) is 6.25. The van der Waals surface area contributed by atoms with Gasteiger partial charge in [0.15, 0.2) is 6.29 Å². The molecular weight excluding hydrogens is 449 g/mol. The Bertz CT molecular complexity index is 1090. The smallest absolute Gasteiger partial charge is 0.266 e. The van der Waals surface area contributed by atoms with Crippen molar-refractivity contribution in [2.24, 2.45) is 5.92 Å². The number of halogens is 3. The SMILES string of the molecule is Cc1nc(CC(=O)NC23CC(C2)C3)c(C2OCCO2)c(N[C@H](C)c2cccc(C(F)F)c2F)n1. The first-order valence-electron chi connectivity index (χ1n) is 11.5. The first kappa shape index (κ1) is 23.0. The number of nitrogens with one attached hydrogen (secondary N) is 2. The fourth-order valence-corrected chi connectivity index (χ4v) is 5.13. The molecule has 4 aliphatic rings. The van der Waals surface area contributed by atoms with Crippen molar-refractivity contribution in [2.45, 2.75) is 63.8 Å². The Kier molecular flexibility index (Phi) is 5.97. The summed E-state index contributed by atoms with van der Waals surface area (Å²) in [5.41, 5.74) is 0.288. The highest BCUT2D eigenvalue weighted by Gasteiger charge is 2.57. The summed E-state index contributed by atoms with van der Waals surface area (Å²) in [6.07, 6.45) is -0.613. The molecule has 4 fully saturated rings. The number of hydrogen-bond acceptors (Lipinski definition) is 6. The van der Waals surface area contributed by atoms with Gasteiger partial charge in [0.25, 0.3) is 6.43 Å². The molecule has 1 aliphatic heterocycles. The van der Waals surface area contributed by atoms with E-state index in [-0.39, 0.29) is 23.4 Å². The number of alkyl halides is 2. The van der Waals surface area contributed by atoms with E-state index in [4.69, 9.17) is 9.47 Å². The number of benzene rings is 1. The van der Waals surface area contributed by atoms with Crippen molar-refractivity contribution in [1.82, 2.24) is 15.3 Å². The lowest BCUT2D eigenvalue weighted by molar-refractivity contribution is -0.132. The summed E-state index contributed by atoms with van der Waals surface area (Å²) >= 11 is 0. The Morgan fingerprint density at radius 2 is 1.85 bits per heavy atom. The molecule has 0 unspecified atom stereocenters. The number of hydrogen-bond donors (Lipinski definition) is 2. The zero-order valence-electron chi connectivity index (χ0n) is 19.0. The van der Waals surface area contributed by atoms with Gasteiger partial charge in [-0.1, -0.05) is 18.2 Å². The van der Waals surface area contributed by atoms with Gasteiger partial charge in [0.2, 0.25) is 5.91 Å². The van der Waals surface area contributed by atoms with E-state index in [1.54, 1.807) is 13.8 Å². The minimum atomic E-state index is -2.92. The monoisotopic (exact) mass is 476 g/mol. The molecule has 10 heteroatoms. The molecule has 182 valence electrons. The van der Waals surface area contributed by atoms with E-state index in [9.17, 15) is 18.0 Å². The van der Waals surface area contributed by atoms with Crippen molar-refractivity contribution in [3.8, 4) is 0 Å². The number of carbonyl (C=O) groups excluding carboxylic acids is 1. The molecule has 2 aromatic rings. The second-order valence-corrected chi connectivity index (χ2v) is 9.45. The lowest BCUT2D eigenvalue weighted by atomic mass is 9.50. The average Bonchev–Trinajstić information content (AvgIpc) is 3.23. The first-order chi connectivity index (χ1) is 16.2. The molecule has 1 amide bonds. The molecule has 1 aromatic heterocycles. The molecule has 1 atom stereocenters. The van der Waals surface area contributed by atoms with Crippen LogP contribution in [0.5, 0.6) is 0 Å². The van der Waals surface area contributed by atoms with Gasteiger partial charge in [-0.2, -0.15) is 0 Å². The van der Waals surface area contributed by atoms with Gasteiger partial charge < -0.3 is 20.1 Å². The number of aromatic nitrogens is 2. The van der Waals surface area contributed by atoms with Crippen molar-refractivity contribution in [3.05, 3.63) is 52.2 Å². The number of amides is 1. The summed E-state index contributed by atoms with van der Waals surface area (Å²) < 4.78 is 52.5. The molecule has 0 spiro atoms. The minimum absolute atomic E-state index is 0.0205. The third-order valence-corrected chi connectivity index (χ3v) is 6.88. The number of aryl methyl sites for hydroxylation is 1. The van der Waals surface area contributed by atoms with E-state index in [0.29, 0.717) is 36.1 Å². The van der Waals surface area contributed by atoms with Crippen LogP contribution in [0.1, 0.15) is 73.2 Å². The third kappa shape index (κ3) is 4.24. The summed E-state index contributed by atoms with van der Waals surface area (Å²) in [5.74, 6) is 0.369. The molecule has 1 saturated heterocycles. The van der Waals surface area contributed by atoms with Gasteiger partial charge in [-0.3, -0.25) is 4.79 Å². The zero-order chi connectivity index (χ0) is 24.0. The van der Waals surface area contributed by atoms with Crippen molar-refractivity contribution >= 4 is 11.7 Å². The number of anilines is 1. The van der Waals surface area contributed by atoms with Crippen molar-refractivity contribution in [2.75, 3.05) is 18.5 Å². The maximum atomic E-state index is 14.8. The van der Waals surface area contributed by atoms with Gasteiger partial charge in [0.1, 0.15) is 17.5 Å². The second-order valence-electron chi connectivity index (χ2n) is 9.45. The quantitative estimate of drug-likeness (QED) is 0.591. The molecular formula is C24H27F3N4O3. The molecule has 1 aromatic carbocycles. The average molecular weight is 476 g/mol. The lowest BCUT2D eigenvalue weighted by Crippen LogP contribution is -2.68. The van der Waals surface area contributed by atoms with Crippen LogP contribution in [0.3, 0.4) is 0 Å². The van der Waals surface area contributed by atoms with Crippen LogP contribution in [0, 0.1) is 18.7 Å². The molecule has 7 nitrogen and oxygen atoms in total. The topological polar surface area (TPSA) is 85.4 Å². The summed E-state index contributed by atoms with van der Waals surface area (Å²) in [6.45, 7) is 4.08. The van der Waals surface area contributed by atoms with E-state index in [0.717, 1.165) is 31.2 Å².